The van der Waals surface area contributed by atoms with E-state index in [2.05, 4.69) is 41.1 Å². The fourth-order valence-electron chi connectivity index (χ4n) is 2.92. The Labute approximate surface area is 164 Å². The number of hydrogen-bond acceptors (Lipinski definition) is 4. The van der Waals surface area contributed by atoms with Crippen molar-refractivity contribution in [3.63, 3.8) is 0 Å². The summed E-state index contributed by atoms with van der Waals surface area (Å²) in [5.74, 6) is 1.79. The molecule has 4 nitrogen and oxygen atoms in total. The van der Waals surface area contributed by atoms with Crippen molar-refractivity contribution in [1.29, 1.82) is 0 Å². The van der Waals surface area contributed by atoms with Gasteiger partial charge in [0.2, 0.25) is 0 Å². The SMILES string of the molecule is OCCOCCO.c1ccc2c(Oc3cccc4ccccc34)cccc2c1. The van der Waals surface area contributed by atoms with E-state index < -0.39 is 0 Å². The maximum atomic E-state index is 8.09. The third kappa shape index (κ3) is 5.08. The molecule has 0 saturated heterocycles. The molecule has 0 aliphatic rings. The van der Waals surface area contributed by atoms with Crippen LogP contribution in [0.15, 0.2) is 84.9 Å². The van der Waals surface area contributed by atoms with E-state index >= 15 is 0 Å². The van der Waals surface area contributed by atoms with Crippen LogP contribution in [-0.4, -0.2) is 36.6 Å². The van der Waals surface area contributed by atoms with Gasteiger partial charge in [0.15, 0.2) is 0 Å². The summed E-state index contributed by atoms with van der Waals surface area (Å²) in [6.07, 6.45) is 0. The lowest BCUT2D eigenvalue weighted by atomic mass is 10.1. The smallest absolute Gasteiger partial charge is 0.135 e. The maximum Gasteiger partial charge on any atom is 0.135 e. The summed E-state index contributed by atoms with van der Waals surface area (Å²) < 4.78 is 10.8. The summed E-state index contributed by atoms with van der Waals surface area (Å²) in [6, 6.07) is 28.9. The van der Waals surface area contributed by atoms with E-state index in [-0.39, 0.29) is 13.2 Å². The summed E-state index contributed by atoms with van der Waals surface area (Å²) in [5, 5.41) is 20.8. The average molecular weight is 376 g/mol. The van der Waals surface area contributed by atoms with Crippen molar-refractivity contribution in [3.8, 4) is 11.5 Å². The van der Waals surface area contributed by atoms with E-state index in [1.54, 1.807) is 0 Å². The second-order valence-corrected chi connectivity index (χ2v) is 6.12. The predicted molar refractivity (Wildman–Crippen MR) is 113 cm³/mol. The van der Waals surface area contributed by atoms with Gasteiger partial charge in [-0.2, -0.15) is 0 Å². The lowest BCUT2D eigenvalue weighted by Gasteiger charge is -2.11. The number of ether oxygens (including phenoxy) is 2. The Hall–Kier alpha value is -2.92. The molecule has 2 N–H and O–H groups in total. The van der Waals surface area contributed by atoms with Crippen molar-refractivity contribution in [3.05, 3.63) is 84.9 Å². The molecule has 4 rings (SSSR count). The van der Waals surface area contributed by atoms with Crippen molar-refractivity contribution in [2.24, 2.45) is 0 Å². The van der Waals surface area contributed by atoms with Crippen molar-refractivity contribution >= 4 is 21.5 Å². The average Bonchev–Trinajstić information content (AvgIpc) is 2.75. The summed E-state index contributed by atoms with van der Waals surface area (Å²) in [4.78, 5) is 0. The summed E-state index contributed by atoms with van der Waals surface area (Å²) in [6.45, 7) is 0.696. The van der Waals surface area contributed by atoms with Gasteiger partial charge in [0.05, 0.1) is 26.4 Å². The molecular formula is C24H24O4. The number of hydrogen-bond donors (Lipinski definition) is 2. The monoisotopic (exact) mass is 376 g/mol. The Bertz CT molecular complexity index is 921. The quantitative estimate of drug-likeness (QED) is 0.476. The fraction of sp³-hybridized carbons (Fsp3) is 0.167. The summed E-state index contributed by atoms with van der Waals surface area (Å²) in [5.41, 5.74) is 0. The van der Waals surface area contributed by atoms with Crippen LogP contribution >= 0.6 is 0 Å². The first-order valence-electron chi connectivity index (χ1n) is 9.26. The van der Waals surface area contributed by atoms with Gasteiger partial charge in [0, 0.05) is 10.8 Å². The number of aliphatic hydroxyl groups is 2. The predicted octanol–water partition coefficient (Wildman–Crippen LogP) is 4.77. The van der Waals surface area contributed by atoms with E-state index in [4.69, 9.17) is 14.9 Å². The highest BCUT2D eigenvalue weighted by Gasteiger charge is 2.05. The number of aliphatic hydroxyl groups excluding tert-OH is 2. The standard InChI is InChI=1S/C20H14O.C4H10O3/c1-3-11-17-15(7-1)9-5-13-19(17)21-20-14-6-10-16-8-2-4-12-18(16)20;5-1-3-7-4-2-6/h1-14H;5-6H,1-4H2. The second-order valence-electron chi connectivity index (χ2n) is 6.12. The van der Waals surface area contributed by atoms with Gasteiger partial charge in [-0.05, 0) is 22.9 Å². The Morgan fingerprint density at radius 3 is 1.43 bits per heavy atom. The van der Waals surface area contributed by atoms with Crippen LogP contribution in [0.2, 0.25) is 0 Å². The van der Waals surface area contributed by atoms with Crippen LogP contribution in [0, 0.1) is 0 Å². The van der Waals surface area contributed by atoms with E-state index in [1.807, 2.05) is 48.5 Å². The zero-order chi connectivity index (χ0) is 19.6. The van der Waals surface area contributed by atoms with Crippen LogP contribution in [-0.2, 0) is 4.74 Å². The molecule has 144 valence electrons. The highest BCUT2D eigenvalue weighted by Crippen LogP contribution is 2.33. The van der Waals surface area contributed by atoms with Crippen molar-refractivity contribution in [1.82, 2.24) is 0 Å². The lowest BCUT2D eigenvalue weighted by Crippen LogP contribution is -2.03. The van der Waals surface area contributed by atoms with E-state index in [0.717, 1.165) is 22.3 Å². The molecule has 28 heavy (non-hydrogen) atoms. The van der Waals surface area contributed by atoms with Gasteiger partial charge >= 0.3 is 0 Å². The fourth-order valence-corrected chi connectivity index (χ4v) is 2.92. The van der Waals surface area contributed by atoms with Crippen LogP contribution in [0.25, 0.3) is 21.5 Å². The maximum absolute atomic E-state index is 8.09. The molecule has 4 heteroatoms. The Morgan fingerprint density at radius 1 is 0.536 bits per heavy atom. The van der Waals surface area contributed by atoms with Crippen LogP contribution in [0.4, 0.5) is 0 Å². The molecule has 0 aliphatic heterocycles. The molecule has 0 bridgehead atoms. The molecular weight excluding hydrogens is 352 g/mol. The minimum Gasteiger partial charge on any atom is -0.456 e. The molecule has 4 aromatic carbocycles. The molecule has 0 heterocycles. The van der Waals surface area contributed by atoms with Gasteiger partial charge in [0.25, 0.3) is 0 Å². The third-order valence-electron chi connectivity index (χ3n) is 4.19. The first kappa shape index (κ1) is 19.8. The van der Waals surface area contributed by atoms with Crippen LogP contribution < -0.4 is 4.74 Å². The molecule has 0 amide bonds. The Kier molecular flexibility index (Phi) is 7.38. The summed E-state index contributed by atoms with van der Waals surface area (Å²) in [7, 11) is 0. The van der Waals surface area contributed by atoms with Gasteiger partial charge < -0.3 is 19.7 Å². The molecule has 0 aliphatic carbocycles. The van der Waals surface area contributed by atoms with Crippen LogP contribution in [0.1, 0.15) is 0 Å². The lowest BCUT2D eigenvalue weighted by molar-refractivity contribution is 0.0650. The van der Waals surface area contributed by atoms with Gasteiger partial charge in [-0.25, -0.2) is 0 Å². The molecule has 0 fully saturated rings. The van der Waals surface area contributed by atoms with Gasteiger partial charge in [-0.3, -0.25) is 0 Å². The highest BCUT2D eigenvalue weighted by molar-refractivity contribution is 5.91. The normalized spacial score (nSPS) is 10.5. The molecule has 4 aromatic rings. The molecule has 0 spiro atoms. The van der Waals surface area contributed by atoms with Crippen molar-refractivity contribution in [2.75, 3.05) is 26.4 Å². The second kappa shape index (κ2) is 10.4. The van der Waals surface area contributed by atoms with E-state index in [9.17, 15) is 0 Å². The largest absolute Gasteiger partial charge is 0.456 e. The zero-order valence-electron chi connectivity index (χ0n) is 15.6. The molecule has 0 aromatic heterocycles. The topological polar surface area (TPSA) is 58.9 Å². The number of benzene rings is 4. The van der Waals surface area contributed by atoms with Crippen molar-refractivity contribution in [2.45, 2.75) is 0 Å². The molecule has 0 saturated carbocycles. The van der Waals surface area contributed by atoms with Gasteiger partial charge in [0.1, 0.15) is 11.5 Å². The van der Waals surface area contributed by atoms with Gasteiger partial charge in [-0.1, -0.05) is 72.8 Å². The number of fused-ring (bicyclic) bond motifs is 2. The third-order valence-corrected chi connectivity index (χ3v) is 4.19. The molecule has 0 radical (unpaired) electrons. The first-order valence-corrected chi connectivity index (χ1v) is 9.26. The minimum atomic E-state index is 0.0278. The summed E-state index contributed by atoms with van der Waals surface area (Å²) >= 11 is 0. The zero-order valence-corrected chi connectivity index (χ0v) is 15.6. The van der Waals surface area contributed by atoms with E-state index in [1.165, 1.54) is 10.8 Å². The van der Waals surface area contributed by atoms with Crippen molar-refractivity contribution < 1.29 is 19.7 Å². The number of rotatable bonds is 6. The highest BCUT2D eigenvalue weighted by atomic mass is 16.5. The minimum absolute atomic E-state index is 0.0278. The van der Waals surface area contributed by atoms with Crippen LogP contribution in [0.3, 0.4) is 0 Å². The first-order chi connectivity index (χ1) is 13.8. The molecule has 0 unspecified atom stereocenters. The Balaban J connectivity index is 0.000000279. The molecule has 0 atom stereocenters. The van der Waals surface area contributed by atoms with E-state index in [0.29, 0.717) is 13.2 Å². The van der Waals surface area contributed by atoms with Gasteiger partial charge in [-0.15, -0.1) is 0 Å². The van der Waals surface area contributed by atoms with Crippen LogP contribution in [0.5, 0.6) is 11.5 Å². The Morgan fingerprint density at radius 2 is 0.964 bits per heavy atom.